The van der Waals surface area contributed by atoms with E-state index in [2.05, 4.69) is 6.07 Å². The normalized spacial score (nSPS) is 33.4. The molecule has 0 spiro atoms. The van der Waals surface area contributed by atoms with Crippen LogP contribution in [-0.2, 0) is 14.3 Å². The van der Waals surface area contributed by atoms with Gasteiger partial charge in [0.1, 0.15) is 0 Å². The molecule has 0 saturated carbocycles. The Hall–Kier alpha value is -2.19. The third-order valence-corrected chi connectivity index (χ3v) is 4.88. The van der Waals surface area contributed by atoms with E-state index in [1.165, 1.54) is 4.90 Å². The highest BCUT2D eigenvalue weighted by molar-refractivity contribution is 6.22. The van der Waals surface area contributed by atoms with Gasteiger partial charge in [0.25, 0.3) is 0 Å². The van der Waals surface area contributed by atoms with Crippen molar-refractivity contribution in [3.63, 3.8) is 0 Å². The van der Waals surface area contributed by atoms with Gasteiger partial charge in [-0.1, -0.05) is 6.07 Å². The predicted molar refractivity (Wildman–Crippen MR) is 73.3 cm³/mol. The van der Waals surface area contributed by atoms with Crippen molar-refractivity contribution in [1.82, 2.24) is 0 Å². The number of nitriles is 1. The van der Waals surface area contributed by atoms with E-state index in [9.17, 15) is 9.59 Å². The summed E-state index contributed by atoms with van der Waals surface area (Å²) >= 11 is 0. The molecule has 1 aromatic carbocycles. The molecule has 0 N–H and O–H groups in total. The number of imide groups is 1. The molecule has 0 aliphatic carbocycles. The summed E-state index contributed by atoms with van der Waals surface area (Å²) in [5.41, 5.74) is 1.83. The lowest BCUT2D eigenvalue weighted by Gasteiger charge is -2.18. The van der Waals surface area contributed by atoms with Crippen molar-refractivity contribution in [1.29, 1.82) is 5.26 Å². The summed E-state index contributed by atoms with van der Waals surface area (Å²) in [5.74, 6) is -1.01. The summed E-state index contributed by atoms with van der Waals surface area (Å²) in [5, 5.41) is 9.11. The summed E-state index contributed by atoms with van der Waals surface area (Å²) in [6, 6.07) is 7.22. The van der Waals surface area contributed by atoms with Gasteiger partial charge in [-0.3, -0.25) is 9.59 Å². The summed E-state index contributed by atoms with van der Waals surface area (Å²) < 4.78 is 5.71. The smallest absolute Gasteiger partial charge is 0.240 e. The second-order valence-corrected chi connectivity index (χ2v) is 5.96. The molecular weight excluding hydrogens is 268 g/mol. The number of fused-ring (bicyclic) bond motifs is 5. The summed E-state index contributed by atoms with van der Waals surface area (Å²) in [7, 11) is 0. The van der Waals surface area contributed by atoms with Crippen molar-refractivity contribution in [3.8, 4) is 6.07 Å². The van der Waals surface area contributed by atoms with E-state index in [0.29, 0.717) is 11.3 Å². The van der Waals surface area contributed by atoms with Gasteiger partial charge in [0.2, 0.25) is 11.8 Å². The number of anilines is 1. The fourth-order valence-electron chi connectivity index (χ4n) is 3.84. The fraction of sp³-hybridized carbons (Fsp3) is 0.438. The highest BCUT2D eigenvalue weighted by Crippen LogP contribution is 2.49. The molecule has 3 saturated heterocycles. The molecule has 2 bridgehead atoms. The number of hydrogen-bond donors (Lipinski definition) is 0. The lowest BCUT2D eigenvalue weighted by Crippen LogP contribution is -2.34. The van der Waals surface area contributed by atoms with Crippen molar-refractivity contribution < 1.29 is 14.3 Å². The number of aryl methyl sites for hydroxylation is 1. The molecule has 0 aromatic heterocycles. The van der Waals surface area contributed by atoms with Crippen LogP contribution in [-0.4, -0.2) is 24.0 Å². The molecule has 21 heavy (non-hydrogen) atoms. The summed E-state index contributed by atoms with van der Waals surface area (Å²) in [4.78, 5) is 26.5. The molecule has 3 heterocycles. The first-order chi connectivity index (χ1) is 10.1. The van der Waals surface area contributed by atoms with Crippen LogP contribution in [0.4, 0.5) is 5.69 Å². The number of nitrogens with zero attached hydrogens (tertiary/aromatic N) is 2. The van der Waals surface area contributed by atoms with Crippen molar-refractivity contribution in [2.45, 2.75) is 32.0 Å². The highest BCUT2D eigenvalue weighted by atomic mass is 16.5. The molecule has 1 aromatic rings. The number of benzene rings is 1. The minimum absolute atomic E-state index is 0.109. The van der Waals surface area contributed by atoms with E-state index in [4.69, 9.17) is 10.00 Å². The maximum atomic E-state index is 12.6. The molecule has 3 aliphatic rings. The fourth-order valence-corrected chi connectivity index (χ4v) is 3.84. The molecule has 0 unspecified atom stereocenters. The molecule has 5 nitrogen and oxygen atoms in total. The van der Waals surface area contributed by atoms with Gasteiger partial charge < -0.3 is 4.74 Å². The van der Waals surface area contributed by atoms with Gasteiger partial charge in [-0.2, -0.15) is 5.26 Å². The Morgan fingerprint density at radius 1 is 1.19 bits per heavy atom. The van der Waals surface area contributed by atoms with Crippen LogP contribution in [0.3, 0.4) is 0 Å². The molecule has 3 fully saturated rings. The van der Waals surface area contributed by atoms with Gasteiger partial charge in [-0.05, 0) is 37.5 Å². The van der Waals surface area contributed by atoms with Crippen molar-refractivity contribution in [3.05, 3.63) is 29.3 Å². The van der Waals surface area contributed by atoms with E-state index in [1.807, 2.05) is 6.92 Å². The van der Waals surface area contributed by atoms with Crippen molar-refractivity contribution in [2.75, 3.05) is 4.90 Å². The number of rotatable bonds is 1. The standard InChI is InChI=1S/C16H14N2O3/c1-8-2-3-10(6-9(8)7-17)18-15(19)13-11-4-5-12(21-11)14(13)16(18)20/h2-3,6,11-14H,4-5H2,1H3/t11-,12+,13-,14+. The zero-order chi connectivity index (χ0) is 14.7. The molecule has 3 aliphatic heterocycles. The molecule has 2 amide bonds. The first kappa shape index (κ1) is 12.5. The lowest BCUT2D eigenvalue weighted by molar-refractivity contribution is -0.124. The maximum absolute atomic E-state index is 12.6. The quantitative estimate of drug-likeness (QED) is 0.732. The van der Waals surface area contributed by atoms with Gasteiger partial charge in [-0.25, -0.2) is 4.90 Å². The predicted octanol–water partition coefficient (Wildman–Crippen LogP) is 1.53. The van der Waals surface area contributed by atoms with Crippen LogP contribution in [0.1, 0.15) is 24.0 Å². The van der Waals surface area contributed by atoms with Gasteiger partial charge in [0.15, 0.2) is 0 Å². The van der Waals surface area contributed by atoms with E-state index >= 15 is 0 Å². The Kier molecular flexibility index (Phi) is 2.48. The summed E-state index contributed by atoms with van der Waals surface area (Å²) in [6.07, 6.45) is 1.50. The van der Waals surface area contributed by atoms with Crippen molar-refractivity contribution >= 4 is 17.5 Å². The second kappa shape index (κ2) is 4.15. The molecule has 0 radical (unpaired) electrons. The van der Waals surface area contributed by atoms with Crippen LogP contribution < -0.4 is 4.90 Å². The third kappa shape index (κ3) is 1.54. The average Bonchev–Trinajstić information content (AvgIpc) is 3.14. The zero-order valence-electron chi connectivity index (χ0n) is 11.6. The minimum Gasteiger partial charge on any atom is -0.373 e. The molecular formula is C16H14N2O3. The van der Waals surface area contributed by atoms with Gasteiger partial charge in [-0.15, -0.1) is 0 Å². The Morgan fingerprint density at radius 2 is 1.81 bits per heavy atom. The van der Waals surface area contributed by atoms with Crippen LogP contribution in [0, 0.1) is 30.1 Å². The number of carbonyl (C=O) groups excluding carboxylic acids is 2. The topological polar surface area (TPSA) is 70.4 Å². The number of amides is 2. The molecule has 4 rings (SSSR count). The van der Waals surface area contributed by atoms with Gasteiger partial charge in [0.05, 0.1) is 41.4 Å². The largest absolute Gasteiger partial charge is 0.373 e. The second-order valence-electron chi connectivity index (χ2n) is 5.96. The lowest BCUT2D eigenvalue weighted by atomic mass is 9.81. The van der Waals surface area contributed by atoms with Crippen LogP contribution in [0.5, 0.6) is 0 Å². The van der Waals surface area contributed by atoms with E-state index in [-0.39, 0.29) is 35.9 Å². The highest BCUT2D eigenvalue weighted by Gasteiger charge is 2.62. The zero-order valence-corrected chi connectivity index (χ0v) is 11.6. The molecule has 106 valence electrons. The minimum atomic E-state index is -0.330. The van der Waals surface area contributed by atoms with E-state index in [1.54, 1.807) is 18.2 Å². The Bertz CT molecular complexity index is 678. The van der Waals surface area contributed by atoms with Crippen LogP contribution >= 0.6 is 0 Å². The van der Waals surface area contributed by atoms with Crippen molar-refractivity contribution in [2.24, 2.45) is 11.8 Å². The molecule has 4 atom stereocenters. The van der Waals surface area contributed by atoms with E-state index in [0.717, 1.165) is 18.4 Å². The number of hydrogen-bond acceptors (Lipinski definition) is 4. The Morgan fingerprint density at radius 3 is 2.38 bits per heavy atom. The van der Waals surface area contributed by atoms with Crippen LogP contribution in [0.25, 0.3) is 0 Å². The van der Waals surface area contributed by atoms with Crippen LogP contribution in [0.15, 0.2) is 18.2 Å². The SMILES string of the molecule is Cc1ccc(N2C(=O)[C@@H]3[C@H](C2=O)[C@H]2CC[C@@H]3O2)cc1C#N. The molecule has 5 heteroatoms. The third-order valence-electron chi connectivity index (χ3n) is 4.88. The van der Waals surface area contributed by atoms with E-state index < -0.39 is 0 Å². The Labute approximate surface area is 122 Å². The first-order valence-electron chi connectivity index (χ1n) is 7.16. The summed E-state index contributed by atoms with van der Waals surface area (Å²) in [6.45, 7) is 1.83. The average molecular weight is 282 g/mol. The van der Waals surface area contributed by atoms with Gasteiger partial charge in [0, 0.05) is 0 Å². The number of carbonyl (C=O) groups is 2. The van der Waals surface area contributed by atoms with Gasteiger partial charge >= 0.3 is 0 Å². The monoisotopic (exact) mass is 282 g/mol. The first-order valence-corrected chi connectivity index (χ1v) is 7.16. The Balaban J connectivity index is 1.75. The maximum Gasteiger partial charge on any atom is 0.240 e. The van der Waals surface area contributed by atoms with Crippen LogP contribution in [0.2, 0.25) is 0 Å². The number of ether oxygens (including phenoxy) is 1.